The Hall–Kier alpha value is -2.98. The zero-order chi connectivity index (χ0) is 21.8. The molecule has 2 aliphatic heterocycles. The average molecular weight is 441 g/mol. The quantitative estimate of drug-likeness (QED) is 0.630. The molecule has 0 spiro atoms. The fourth-order valence-electron chi connectivity index (χ4n) is 4.52. The number of aryl methyl sites for hydroxylation is 1. The highest BCUT2D eigenvalue weighted by Crippen LogP contribution is 2.30. The van der Waals surface area contributed by atoms with Crippen LogP contribution < -0.4 is 11.1 Å². The summed E-state index contributed by atoms with van der Waals surface area (Å²) in [6.45, 7) is 2.47. The van der Waals surface area contributed by atoms with Gasteiger partial charge in [0, 0.05) is 24.8 Å². The van der Waals surface area contributed by atoms with Crippen molar-refractivity contribution >= 4 is 32.8 Å². The summed E-state index contributed by atoms with van der Waals surface area (Å²) < 4.78 is 27.5. The lowest BCUT2D eigenvalue weighted by Crippen LogP contribution is -2.47. The Morgan fingerprint density at radius 1 is 1.13 bits per heavy atom. The number of carbonyl (C=O) groups is 1. The molecule has 3 atom stereocenters. The van der Waals surface area contributed by atoms with Gasteiger partial charge >= 0.3 is 0 Å². The van der Waals surface area contributed by atoms with Crippen molar-refractivity contribution in [3.63, 3.8) is 0 Å². The highest BCUT2D eigenvalue weighted by Gasteiger charge is 2.41. The number of rotatable bonds is 4. The summed E-state index contributed by atoms with van der Waals surface area (Å²) in [4.78, 5) is 22.9. The minimum absolute atomic E-state index is 0.000298. The Balaban J connectivity index is 1.44. The summed E-state index contributed by atoms with van der Waals surface area (Å²) in [5.74, 6) is 0.557. The van der Waals surface area contributed by atoms with Crippen LogP contribution in [0.4, 0.5) is 5.82 Å². The minimum Gasteiger partial charge on any atom is -0.365 e. The Morgan fingerprint density at radius 3 is 2.68 bits per heavy atom. The van der Waals surface area contributed by atoms with Crippen LogP contribution in [0.1, 0.15) is 24.8 Å². The average Bonchev–Trinajstić information content (AvgIpc) is 3.31. The lowest BCUT2D eigenvalue weighted by molar-refractivity contribution is -0.130. The van der Waals surface area contributed by atoms with Gasteiger partial charge in [0.15, 0.2) is 5.65 Å². The van der Waals surface area contributed by atoms with E-state index >= 15 is 0 Å². The molecular weight excluding hydrogens is 416 g/mol. The first-order valence-electron chi connectivity index (χ1n) is 10.3. The second-order valence-corrected chi connectivity index (χ2v) is 10.1. The van der Waals surface area contributed by atoms with Crippen molar-refractivity contribution in [1.82, 2.24) is 18.8 Å². The van der Waals surface area contributed by atoms with E-state index in [-0.39, 0.29) is 22.9 Å². The largest absolute Gasteiger partial charge is 0.365 e. The van der Waals surface area contributed by atoms with Crippen LogP contribution in [0, 0.1) is 6.92 Å². The number of nitrogens with one attached hydrogen (secondary N) is 1. The van der Waals surface area contributed by atoms with Gasteiger partial charge in [0.25, 0.3) is 10.0 Å². The monoisotopic (exact) mass is 440 g/mol. The summed E-state index contributed by atoms with van der Waals surface area (Å²) >= 11 is 0. The minimum atomic E-state index is -3.78. The van der Waals surface area contributed by atoms with Gasteiger partial charge in [0.1, 0.15) is 12.1 Å². The number of piperidine rings is 1. The van der Waals surface area contributed by atoms with Gasteiger partial charge in [-0.1, -0.05) is 17.7 Å². The maximum atomic E-state index is 13.1. The van der Waals surface area contributed by atoms with Gasteiger partial charge in [-0.15, -0.1) is 0 Å². The number of amides is 1. The first-order valence-corrected chi connectivity index (χ1v) is 11.8. The van der Waals surface area contributed by atoms with Crippen LogP contribution in [0.5, 0.6) is 0 Å². The standard InChI is InChI=1S/C21H24N6O3S/c1-13-2-6-16(7-3-13)31(29,30)27-9-8-17-19(23-12-24-20(17)27)25-14-4-5-15-10-18(22)21(28)26(15)11-14/h2-3,6-9,12,14-15,18H,4-5,10-11,22H2,1H3,(H,23,24,25)/t14-,15-,18+/m1/s1. The number of benzene rings is 1. The third-order valence-corrected chi connectivity index (χ3v) is 7.88. The van der Waals surface area contributed by atoms with E-state index in [0.717, 1.165) is 18.4 Å². The van der Waals surface area contributed by atoms with Crippen molar-refractivity contribution < 1.29 is 13.2 Å². The molecule has 2 aliphatic rings. The van der Waals surface area contributed by atoms with Crippen LogP contribution in [0.2, 0.25) is 0 Å². The van der Waals surface area contributed by atoms with E-state index in [0.29, 0.717) is 29.8 Å². The molecule has 31 heavy (non-hydrogen) atoms. The van der Waals surface area contributed by atoms with Gasteiger partial charge in [-0.2, -0.15) is 0 Å². The lowest BCUT2D eigenvalue weighted by atomic mass is 9.98. The predicted octanol–water partition coefficient (Wildman–Crippen LogP) is 1.48. The molecule has 3 aromatic rings. The van der Waals surface area contributed by atoms with Gasteiger partial charge in [-0.25, -0.2) is 22.4 Å². The van der Waals surface area contributed by atoms with Gasteiger partial charge in [-0.05, 0) is 44.4 Å². The van der Waals surface area contributed by atoms with E-state index < -0.39 is 16.1 Å². The number of nitrogens with zero attached hydrogens (tertiary/aromatic N) is 4. The molecule has 3 N–H and O–H groups in total. The smallest absolute Gasteiger partial charge is 0.269 e. The van der Waals surface area contributed by atoms with E-state index in [4.69, 9.17) is 5.73 Å². The summed E-state index contributed by atoms with van der Waals surface area (Å²) in [5, 5.41) is 4.01. The van der Waals surface area contributed by atoms with Crippen LogP contribution >= 0.6 is 0 Å². The van der Waals surface area contributed by atoms with Crippen LogP contribution in [0.3, 0.4) is 0 Å². The van der Waals surface area contributed by atoms with Crippen molar-refractivity contribution in [2.75, 3.05) is 11.9 Å². The van der Waals surface area contributed by atoms with E-state index in [1.807, 2.05) is 11.8 Å². The molecule has 2 aromatic heterocycles. The summed E-state index contributed by atoms with van der Waals surface area (Å²) in [6, 6.07) is 8.24. The van der Waals surface area contributed by atoms with Crippen LogP contribution in [-0.2, 0) is 14.8 Å². The van der Waals surface area contributed by atoms with Gasteiger partial charge in [-0.3, -0.25) is 4.79 Å². The Labute approximate surface area is 180 Å². The highest BCUT2D eigenvalue weighted by atomic mass is 32.2. The first kappa shape index (κ1) is 20.0. The highest BCUT2D eigenvalue weighted by molar-refractivity contribution is 7.90. The lowest BCUT2D eigenvalue weighted by Gasteiger charge is -2.35. The molecule has 2 fully saturated rings. The maximum Gasteiger partial charge on any atom is 0.269 e. The molecule has 10 heteroatoms. The fourth-order valence-corrected chi connectivity index (χ4v) is 5.82. The molecule has 162 valence electrons. The number of aromatic nitrogens is 3. The SMILES string of the molecule is Cc1ccc(S(=O)(=O)n2ccc3c(N[C@@H]4CC[C@@H]5C[C@H](N)C(=O)N5C4)ncnc32)cc1. The van der Waals surface area contributed by atoms with E-state index in [2.05, 4.69) is 15.3 Å². The first-order chi connectivity index (χ1) is 14.8. The van der Waals surface area contributed by atoms with Crippen molar-refractivity contribution in [2.45, 2.75) is 49.2 Å². The number of fused-ring (bicyclic) bond motifs is 2. The Bertz CT molecular complexity index is 1250. The molecular formula is C21H24N6O3S. The third-order valence-electron chi connectivity index (χ3n) is 6.20. The second-order valence-electron chi connectivity index (χ2n) is 8.29. The van der Waals surface area contributed by atoms with Gasteiger partial charge in [0.05, 0.1) is 16.3 Å². The number of carbonyl (C=O) groups excluding carboxylic acids is 1. The van der Waals surface area contributed by atoms with E-state index in [1.165, 1.54) is 16.5 Å². The van der Waals surface area contributed by atoms with Crippen LogP contribution in [-0.4, -0.2) is 57.8 Å². The molecule has 0 aliphatic carbocycles. The zero-order valence-corrected chi connectivity index (χ0v) is 17.9. The normalized spacial score (nSPS) is 23.9. The molecule has 4 heterocycles. The van der Waals surface area contributed by atoms with Crippen LogP contribution in [0.15, 0.2) is 47.8 Å². The summed E-state index contributed by atoms with van der Waals surface area (Å²) in [6.07, 6.45) is 5.33. The molecule has 0 unspecified atom stereocenters. The summed E-state index contributed by atoms with van der Waals surface area (Å²) in [5.41, 5.74) is 7.21. The Kier molecular flexibility index (Phi) is 4.71. The molecule has 5 rings (SSSR count). The molecule has 9 nitrogen and oxygen atoms in total. The van der Waals surface area contributed by atoms with Crippen molar-refractivity contribution in [3.05, 3.63) is 48.4 Å². The van der Waals surface area contributed by atoms with Gasteiger partial charge < -0.3 is 16.0 Å². The predicted molar refractivity (Wildman–Crippen MR) is 116 cm³/mol. The van der Waals surface area contributed by atoms with Crippen molar-refractivity contribution in [2.24, 2.45) is 5.73 Å². The zero-order valence-electron chi connectivity index (χ0n) is 17.1. The maximum absolute atomic E-state index is 13.1. The number of hydrogen-bond donors (Lipinski definition) is 2. The number of anilines is 1. The van der Waals surface area contributed by atoms with E-state index in [1.54, 1.807) is 30.3 Å². The number of nitrogens with two attached hydrogens (primary N) is 1. The molecule has 2 saturated heterocycles. The van der Waals surface area contributed by atoms with Crippen molar-refractivity contribution in [1.29, 1.82) is 0 Å². The Morgan fingerprint density at radius 2 is 1.90 bits per heavy atom. The molecule has 1 amide bonds. The fraction of sp³-hybridized carbons (Fsp3) is 0.381. The number of hydrogen-bond acceptors (Lipinski definition) is 7. The summed E-state index contributed by atoms with van der Waals surface area (Å²) in [7, 11) is -3.78. The molecule has 1 aromatic carbocycles. The molecule has 0 saturated carbocycles. The van der Waals surface area contributed by atoms with Gasteiger partial charge in [0.2, 0.25) is 5.91 Å². The topological polar surface area (TPSA) is 123 Å². The van der Waals surface area contributed by atoms with Crippen LogP contribution in [0.25, 0.3) is 11.0 Å². The molecule has 0 bridgehead atoms. The third kappa shape index (κ3) is 3.35. The second kappa shape index (κ2) is 7.31. The van der Waals surface area contributed by atoms with Crippen molar-refractivity contribution in [3.8, 4) is 0 Å². The van der Waals surface area contributed by atoms with E-state index in [9.17, 15) is 13.2 Å². The molecule has 0 radical (unpaired) electrons.